The zero-order valence-electron chi connectivity index (χ0n) is 11.5. The number of rotatable bonds is 6. The van der Waals surface area contributed by atoms with E-state index in [1.165, 1.54) is 43.2 Å². The molecule has 1 aliphatic heterocycles. The summed E-state index contributed by atoms with van der Waals surface area (Å²) in [6.07, 6.45) is 6.56. The van der Waals surface area contributed by atoms with Crippen molar-refractivity contribution in [1.29, 1.82) is 0 Å². The van der Waals surface area contributed by atoms with E-state index in [0.717, 1.165) is 32.1 Å². The molecule has 1 heterocycles. The molecule has 3 heteroatoms. The Morgan fingerprint density at radius 3 is 3.05 bits per heavy atom. The van der Waals surface area contributed by atoms with Crippen LogP contribution in [0.15, 0.2) is 18.2 Å². The molecule has 3 rings (SSSR count). The van der Waals surface area contributed by atoms with Crippen LogP contribution in [0.25, 0.3) is 0 Å². The van der Waals surface area contributed by atoms with Crippen LogP contribution >= 0.6 is 0 Å². The van der Waals surface area contributed by atoms with Crippen molar-refractivity contribution in [2.45, 2.75) is 38.2 Å². The first kappa shape index (κ1) is 12.9. The fourth-order valence-corrected chi connectivity index (χ4v) is 2.95. The molecule has 1 aromatic rings. The molecule has 19 heavy (non-hydrogen) atoms. The zero-order chi connectivity index (χ0) is 12.9. The van der Waals surface area contributed by atoms with Gasteiger partial charge in [0.2, 0.25) is 0 Å². The van der Waals surface area contributed by atoms with Crippen molar-refractivity contribution in [3.05, 3.63) is 29.3 Å². The molecule has 3 nitrogen and oxygen atoms in total. The van der Waals surface area contributed by atoms with E-state index >= 15 is 0 Å². The van der Waals surface area contributed by atoms with Gasteiger partial charge >= 0.3 is 0 Å². The van der Waals surface area contributed by atoms with E-state index in [2.05, 4.69) is 23.5 Å². The summed E-state index contributed by atoms with van der Waals surface area (Å²) in [6, 6.07) is 6.53. The van der Waals surface area contributed by atoms with Gasteiger partial charge in [-0.15, -0.1) is 0 Å². The number of aryl methyl sites for hydroxylation is 2. The van der Waals surface area contributed by atoms with Gasteiger partial charge in [0.15, 0.2) is 0 Å². The van der Waals surface area contributed by atoms with Crippen LogP contribution in [0.5, 0.6) is 5.75 Å². The van der Waals surface area contributed by atoms with Gasteiger partial charge in [-0.3, -0.25) is 0 Å². The SMILES string of the molecule is c1cc2c(cc1OCCNC[C@@H]1CCCO1)CCC2. The van der Waals surface area contributed by atoms with Crippen LogP contribution in [0.1, 0.15) is 30.4 Å². The van der Waals surface area contributed by atoms with Crippen molar-refractivity contribution in [2.75, 3.05) is 26.3 Å². The van der Waals surface area contributed by atoms with Crippen LogP contribution in [0.4, 0.5) is 0 Å². The van der Waals surface area contributed by atoms with E-state index in [-0.39, 0.29) is 0 Å². The van der Waals surface area contributed by atoms with Crippen LogP contribution in [0.2, 0.25) is 0 Å². The fraction of sp³-hybridized carbons (Fsp3) is 0.625. The number of fused-ring (bicyclic) bond motifs is 1. The molecule has 0 aromatic heterocycles. The smallest absolute Gasteiger partial charge is 0.119 e. The normalized spacial score (nSPS) is 21.6. The molecule has 104 valence electrons. The summed E-state index contributed by atoms with van der Waals surface area (Å²) in [5, 5.41) is 3.40. The van der Waals surface area contributed by atoms with E-state index in [9.17, 15) is 0 Å². The van der Waals surface area contributed by atoms with Gasteiger partial charge in [0.1, 0.15) is 12.4 Å². The molecule has 0 unspecified atom stereocenters. The Hall–Kier alpha value is -1.06. The van der Waals surface area contributed by atoms with Gasteiger partial charge in [-0.2, -0.15) is 0 Å². The second-order valence-electron chi connectivity index (χ2n) is 5.47. The molecule has 1 saturated heterocycles. The Labute approximate surface area is 115 Å². The van der Waals surface area contributed by atoms with Crippen LogP contribution in [-0.2, 0) is 17.6 Å². The van der Waals surface area contributed by atoms with Crippen LogP contribution < -0.4 is 10.1 Å². The minimum atomic E-state index is 0.417. The van der Waals surface area contributed by atoms with Crippen molar-refractivity contribution >= 4 is 0 Å². The Morgan fingerprint density at radius 2 is 2.16 bits per heavy atom. The Bertz CT molecular complexity index is 413. The highest BCUT2D eigenvalue weighted by Crippen LogP contribution is 2.25. The van der Waals surface area contributed by atoms with Gasteiger partial charge < -0.3 is 14.8 Å². The molecule has 1 N–H and O–H groups in total. The summed E-state index contributed by atoms with van der Waals surface area (Å²) in [6.45, 7) is 3.49. The van der Waals surface area contributed by atoms with Crippen LogP contribution in [-0.4, -0.2) is 32.4 Å². The number of hydrogen-bond donors (Lipinski definition) is 1. The summed E-state index contributed by atoms with van der Waals surface area (Å²) >= 11 is 0. The summed E-state index contributed by atoms with van der Waals surface area (Å²) in [5.41, 5.74) is 2.98. The maximum absolute atomic E-state index is 5.79. The van der Waals surface area contributed by atoms with Crippen LogP contribution in [0.3, 0.4) is 0 Å². The zero-order valence-corrected chi connectivity index (χ0v) is 11.5. The maximum Gasteiger partial charge on any atom is 0.119 e. The largest absolute Gasteiger partial charge is 0.492 e. The molecule has 0 amide bonds. The molecule has 1 fully saturated rings. The van der Waals surface area contributed by atoms with Crippen LogP contribution in [0, 0.1) is 0 Å². The molecular formula is C16H23NO2. The fourth-order valence-electron chi connectivity index (χ4n) is 2.95. The molecule has 2 aliphatic rings. The second kappa shape index (κ2) is 6.40. The van der Waals surface area contributed by atoms with E-state index < -0.39 is 0 Å². The summed E-state index contributed by atoms with van der Waals surface area (Å²) in [4.78, 5) is 0. The van der Waals surface area contributed by atoms with Crippen molar-refractivity contribution in [3.63, 3.8) is 0 Å². The second-order valence-corrected chi connectivity index (χ2v) is 5.47. The van der Waals surface area contributed by atoms with Gasteiger partial charge in [0.05, 0.1) is 6.10 Å². The standard InChI is InChI=1S/C16H23NO2/c1-3-13-6-7-15(11-14(13)4-1)19-10-8-17-12-16-5-2-9-18-16/h6-7,11,16-17H,1-5,8-10,12H2/t16-/m0/s1. The lowest BCUT2D eigenvalue weighted by Crippen LogP contribution is -2.29. The quantitative estimate of drug-likeness (QED) is 0.797. The molecule has 1 atom stereocenters. The van der Waals surface area contributed by atoms with E-state index in [1.807, 2.05) is 0 Å². The van der Waals surface area contributed by atoms with E-state index in [4.69, 9.17) is 9.47 Å². The Balaban J connectivity index is 1.35. The highest BCUT2D eigenvalue weighted by Gasteiger charge is 2.14. The summed E-state index contributed by atoms with van der Waals surface area (Å²) < 4.78 is 11.4. The van der Waals surface area contributed by atoms with E-state index in [1.54, 1.807) is 0 Å². The van der Waals surface area contributed by atoms with Gasteiger partial charge in [-0.25, -0.2) is 0 Å². The third-order valence-electron chi connectivity index (χ3n) is 4.01. The van der Waals surface area contributed by atoms with Crippen molar-refractivity contribution in [2.24, 2.45) is 0 Å². The molecule has 0 spiro atoms. The molecular weight excluding hydrogens is 238 g/mol. The van der Waals surface area contributed by atoms with Crippen molar-refractivity contribution in [1.82, 2.24) is 5.32 Å². The molecule has 0 bridgehead atoms. The molecule has 0 saturated carbocycles. The minimum absolute atomic E-state index is 0.417. The highest BCUT2D eigenvalue weighted by atomic mass is 16.5. The third kappa shape index (κ3) is 3.48. The predicted molar refractivity (Wildman–Crippen MR) is 75.8 cm³/mol. The predicted octanol–water partition coefficient (Wildman–Crippen LogP) is 2.32. The van der Waals surface area contributed by atoms with E-state index in [0.29, 0.717) is 6.10 Å². The maximum atomic E-state index is 5.79. The minimum Gasteiger partial charge on any atom is -0.492 e. The topological polar surface area (TPSA) is 30.5 Å². The monoisotopic (exact) mass is 261 g/mol. The molecule has 0 radical (unpaired) electrons. The first-order valence-electron chi connectivity index (χ1n) is 7.49. The average molecular weight is 261 g/mol. The summed E-state index contributed by atoms with van der Waals surface area (Å²) in [7, 11) is 0. The lowest BCUT2D eigenvalue weighted by Gasteiger charge is -2.12. The summed E-state index contributed by atoms with van der Waals surface area (Å²) in [5.74, 6) is 1.01. The number of nitrogens with one attached hydrogen (secondary N) is 1. The molecule has 1 aromatic carbocycles. The van der Waals surface area contributed by atoms with Gasteiger partial charge in [-0.1, -0.05) is 6.07 Å². The van der Waals surface area contributed by atoms with Gasteiger partial charge in [0, 0.05) is 19.7 Å². The molecule has 1 aliphatic carbocycles. The van der Waals surface area contributed by atoms with Crippen molar-refractivity contribution in [3.8, 4) is 5.75 Å². The first-order valence-corrected chi connectivity index (χ1v) is 7.49. The lowest BCUT2D eigenvalue weighted by atomic mass is 10.1. The average Bonchev–Trinajstić information content (AvgIpc) is 3.08. The number of ether oxygens (including phenoxy) is 2. The highest BCUT2D eigenvalue weighted by molar-refractivity contribution is 5.38. The number of benzene rings is 1. The third-order valence-corrected chi connectivity index (χ3v) is 4.01. The van der Waals surface area contributed by atoms with Gasteiger partial charge in [0.25, 0.3) is 0 Å². The number of hydrogen-bond acceptors (Lipinski definition) is 3. The first-order chi connectivity index (χ1) is 9.42. The Morgan fingerprint density at radius 1 is 1.21 bits per heavy atom. The van der Waals surface area contributed by atoms with Gasteiger partial charge in [-0.05, 0) is 55.4 Å². The Kier molecular flexibility index (Phi) is 4.36. The lowest BCUT2D eigenvalue weighted by molar-refractivity contribution is 0.109. The van der Waals surface area contributed by atoms with Crippen molar-refractivity contribution < 1.29 is 9.47 Å².